The van der Waals surface area contributed by atoms with E-state index in [-0.39, 0.29) is 25.3 Å². The lowest BCUT2D eigenvalue weighted by atomic mass is 9.78. The van der Waals surface area contributed by atoms with Crippen LogP contribution in [0.2, 0.25) is 0 Å². The van der Waals surface area contributed by atoms with E-state index in [1.807, 2.05) is 0 Å². The molecule has 0 aliphatic carbocycles. The predicted octanol–water partition coefficient (Wildman–Crippen LogP) is -7.85. The number of nitrogens with two attached hydrogens (primary N) is 3. The topological polar surface area (TPSA) is 316 Å². The Labute approximate surface area is 193 Å². The molecule has 0 aromatic carbocycles. The van der Waals surface area contributed by atoms with Crippen molar-refractivity contribution in [1.82, 2.24) is 0 Å². The van der Waals surface area contributed by atoms with Gasteiger partial charge in [0.15, 0.2) is 23.4 Å². The molecule has 16 nitrogen and oxygen atoms in total. The molecule has 1 rings (SSSR count). The molecule has 198 valence electrons. The number of ketones is 2. The molecular weight excluding hydrogens is 464 g/mol. The van der Waals surface area contributed by atoms with Gasteiger partial charge in [-0.25, -0.2) is 0 Å². The van der Waals surface area contributed by atoms with Crippen LogP contribution in [-0.2, 0) is 14.3 Å². The summed E-state index contributed by atoms with van der Waals surface area (Å²) in [6.45, 7) is -1.97. The Balaban J connectivity index is 3.26. The van der Waals surface area contributed by atoms with Gasteiger partial charge in [-0.15, -0.1) is 0 Å². The Morgan fingerprint density at radius 2 is 1.62 bits per heavy atom. The van der Waals surface area contributed by atoms with Crippen LogP contribution in [0.3, 0.4) is 0 Å². The molecule has 0 bridgehead atoms. The van der Waals surface area contributed by atoms with Crippen molar-refractivity contribution < 1.29 is 60.3 Å². The molecule has 0 spiro atoms. The minimum absolute atomic E-state index is 0.0733. The third kappa shape index (κ3) is 6.23. The molecule has 1 heterocycles. The van der Waals surface area contributed by atoms with Crippen LogP contribution >= 0.6 is 0 Å². The highest BCUT2D eigenvalue weighted by atomic mass is 16.6. The number of aliphatic imine (C=N–C) groups is 1. The summed E-state index contributed by atoms with van der Waals surface area (Å²) >= 11 is 0. The fourth-order valence-electron chi connectivity index (χ4n) is 3.54. The Kier molecular flexibility index (Phi) is 11.3. The lowest BCUT2D eigenvalue weighted by Crippen LogP contribution is -2.67. The van der Waals surface area contributed by atoms with Crippen molar-refractivity contribution in [3.8, 4) is 0 Å². The van der Waals surface area contributed by atoms with Gasteiger partial charge in [0.25, 0.3) is 0 Å². The molecule has 0 amide bonds. The van der Waals surface area contributed by atoms with E-state index in [2.05, 4.69) is 4.99 Å². The zero-order valence-corrected chi connectivity index (χ0v) is 18.2. The van der Waals surface area contributed by atoms with Crippen molar-refractivity contribution >= 4 is 17.5 Å². The summed E-state index contributed by atoms with van der Waals surface area (Å²) in [5.41, 5.74) is 13.0. The number of aliphatic hydroxyl groups is 9. The number of ether oxygens (including phenoxy) is 1. The zero-order chi connectivity index (χ0) is 26.4. The third-order valence-electron chi connectivity index (χ3n) is 5.59. The van der Waals surface area contributed by atoms with Gasteiger partial charge in [-0.05, 0) is 12.8 Å². The predicted molar refractivity (Wildman–Crippen MR) is 112 cm³/mol. The smallest absolute Gasteiger partial charge is 0.201 e. The lowest BCUT2D eigenvalue weighted by molar-refractivity contribution is -0.195. The Morgan fingerprint density at radius 3 is 2.09 bits per heavy atom. The number of carbonyl (C=O) groups is 2. The number of aliphatic hydroxyl groups excluding tert-OH is 9. The summed E-state index contributed by atoms with van der Waals surface area (Å²) < 4.78 is 5.17. The first-order valence-corrected chi connectivity index (χ1v) is 10.3. The summed E-state index contributed by atoms with van der Waals surface area (Å²) in [6.07, 6.45) is -18.1. The molecular formula is C18H34N4O12. The first-order valence-electron chi connectivity index (χ1n) is 10.3. The monoisotopic (exact) mass is 498 g/mol. The maximum atomic E-state index is 13.1. The maximum Gasteiger partial charge on any atom is 0.201 e. The number of nitrogens with zero attached hydrogens (tertiary/aromatic N) is 1. The number of carbonyl (C=O) groups excluding carboxylic acids is 2. The molecule has 1 aliphatic rings. The minimum Gasteiger partial charge on any atom is -0.394 e. The molecule has 10 atom stereocenters. The van der Waals surface area contributed by atoms with Crippen LogP contribution in [0.25, 0.3) is 0 Å². The van der Waals surface area contributed by atoms with Crippen molar-refractivity contribution in [2.75, 3.05) is 19.8 Å². The fraction of sp³-hybridized carbons (Fsp3) is 0.833. The Hall–Kier alpha value is -1.83. The summed E-state index contributed by atoms with van der Waals surface area (Å²) in [6, 6.07) is -1.46. The van der Waals surface area contributed by atoms with E-state index in [0.29, 0.717) is 0 Å². The van der Waals surface area contributed by atoms with Gasteiger partial charge in [0.05, 0.1) is 19.3 Å². The molecule has 1 fully saturated rings. The van der Waals surface area contributed by atoms with Gasteiger partial charge >= 0.3 is 0 Å². The molecule has 0 aromatic heterocycles. The van der Waals surface area contributed by atoms with Crippen LogP contribution in [0.4, 0.5) is 0 Å². The van der Waals surface area contributed by atoms with Crippen molar-refractivity contribution in [2.24, 2.45) is 22.2 Å². The molecule has 34 heavy (non-hydrogen) atoms. The first kappa shape index (κ1) is 30.2. The molecule has 0 saturated carbocycles. The largest absolute Gasteiger partial charge is 0.394 e. The number of hydrogen-bond donors (Lipinski definition) is 12. The van der Waals surface area contributed by atoms with E-state index in [0.717, 1.165) is 0 Å². The molecule has 0 aromatic rings. The summed E-state index contributed by atoms with van der Waals surface area (Å²) in [4.78, 5) is 29.6. The zero-order valence-electron chi connectivity index (χ0n) is 18.2. The van der Waals surface area contributed by atoms with Crippen molar-refractivity contribution in [1.29, 1.82) is 0 Å². The second-order valence-corrected chi connectivity index (χ2v) is 7.97. The van der Waals surface area contributed by atoms with Crippen LogP contribution in [-0.4, -0.2) is 144 Å². The molecule has 15 N–H and O–H groups in total. The van der Waals surface area contributed by atoms with Crippen LogP contribution in [0.1, 0.15) is 12.8 Å². The van der Waals surface area contributed by atoms with E-state index >= 15 is 0 Å². The number of Topliss-reactive ketones (excluding diaryl/α,β-unsaturated/α-hetero) is 2. The average molecular weight is 498 g/mol. The number of hydrogen-bond acceptors (Lipinski definition) is 14. The summed E-state index contributed by atoms with van der Waals surface area (Å²) in [7, 11) is 0. The lowest BCUT2D eigenvalue weighted by Gasteiger charge is -2.38. The van der Waals surface area contributed by atoms with E-state index in [1.54, 1.807) is 0 Å². The molecule has 1 saturated heterocycles. The highest BCUT2D eigenvalue weighted by Crippen LogP contribution is 2.37. The van der Waals surface area contributed by atoms with Crippen LogP contribution in [0.15, 0.2) is 4.99 Å². The van der Waals surface area contributed by atoms with Gasteiger partial charge in [0.1, 0.15) is 42.7 Å². The number of rotatable bonds is 14. The van der Waals surface area contributed by atoms with Crippen LogP contribution in [0.5, 0.6) is 0 Å². The average Bonchev–Trinajstić information content (AvgIpc) is 3.08. The first-order chi connectivity index (χ1) is 15.8. The van der Waals surface area contributed by atoms with Gasteiger partial charge < -0.3 is 67.9 Å². The van der Waals surface area contributed by atoms with Gasteiger partial charge in [-0.2, -0.15) is 0 Å². The van der Waals surface area contributed by atoms with Crippen LogP contribution < -0.4 is 17.2 Å². The highest BCUT2D eigenvalue weighted by molar-refractivity contribution is 6.01. The van der Waals surface area contributed by atoms with E-state index in [4.69, 9.17) is 27.0 Å². The summed E-state index contributed by atoms with van der Waals surface area (Å²) in [5.74, 6) is -3.24. The van der Waals surface area contributed by atoms with Gasteiger partial charge in [-0.1, -0.05) is 0 Å². The van der Waals surface area contributed by atoms with E-state index in [1.165, 1.54) is 0 Å². The Morgan fingerprint density at radius 1 is 1.03 bits per heavy atom. The number of guanidine groups is 1. The fourth-order valence-corrected chi connectivity index (χ4v) is 3.54. The standard InChI is InChI=1S/C18H34N4O12/c19-6(2-1-3-22-17(20)21)9(26)14(31)18(15(32)11(28)8(5-24)34-18)16(33)13(30)12(29)10(27)7(25)4-23/h6-8,10-15,23-25,27-32H,1-5,19H2,(H4,20,21,22)/t6-,7+,8+,10+,11+,12-,13+,14?,15-,18?/m0/s1. The second kappa shape index (κ2) is 12.8. The molecule has 0 radical (unpaired) electrons. The summed E-state index contributed by atoms with van der Waals surface area (Å²) in [5, 5.41) is 89.3. The molecule has 16 heteroatoms. The quantitative estimate of drug-likeness (QED) is 0.0601. The van der Waals surface area contributed by atoms with Crippen molar-refractivity contribution in [3.63, 3.8) is 0 Å². The SMILES string of the molecule is NC(N)=NCCC[C@H](N)C(=O)C(O)C1(C(=O)[C@H](O)[C@@H](O)[C@H](O)[C@H](O)CO)O[C@H](CO)[C@@H](O)[C@@H]1O. The normalized spacial score (nSPS) is 30.1. The molecule has 1 aliphatic heterocycles. The van der Waals surface area contributed by atoms with Gasteiger partial charge in [0, 0.05) is 6.54 Å². The molecule has 2 unspecified atom stereocenters. The third-order valence-corrected chi connectivity index (χ3v) is 5.59. The Bertz CT molecular complexity index is 723. The van der Waals surface area contributed by atoms with Crippen LogP contribution in [0, 0.1) is 0 Å². The second-order valence-electron chi connectivity index (χ2n) is 7.97. The maximum absolute atomic E-state index is 13.1. The van der Waals surface area contributed by atoms with Crippen molar-refractivity contribution in [2.45, 2.75) is 73.3 Å². The highest BCUT2D eigenvalue weighted by Gasteiger charge is 2.66. The van der Waals surface area contributed by atoms with Gasteiger partial charge in [0.2, 0.25) is 5.78 Å². The van der Waals surface area contributed by atoms with E-state index in [9.17, 15) is 50.4 Å². The van der Waals surface area contributed by atoms with Gasteiger partial charge in [-0.3, -0.25) is 14.6 Å². The van der Waals surface area contributed by atoms with Crippen molar-refractivity contribution in [3.05, 3.63) is 0 Å². The minimum atomic E-state index is -3.12. The van der Waals surface area contributed by atoms with E-state index < -0.39 is 85.3 Å².